The molecule has 0 aliphatic rings. The predicted molar refractivity (Wildman–Crippen MR) is 88.0 cm³/mol. The summed E-state index contributed by atoms with van der Waals surface area (Å²) < 4.78 is 0. The Morgan fingerprint density at radius 1 is 0.955 bits per heavy atom. The number of carbonyl (C=O) groups is 2. The van der Waals surface area contributed by atoms with Crippen LogP contribution in [0.3, 0.4) is 0 Å². The van der Waals surface area contributed by atoms with Crippen molar-refractivity contribution in [3.8, 4) is 0 Å². The summed E-state index contributed by atoms with van der Waals surface area (Å²) in [5.41, 5.74) is 9.49. The molecule has 0 atom stereocenters. The Morgan fingerprint density at radius 2 is 1.59 bits per heavy atom. The van der Waals surface area contributed by atoms with Crippen molar-refractivity contribution in [2.75, 3.05) is 17.2 Å². The highest BCUT2D eigenvalue weighted by atomic mass is 16.2. The molecule has 0 aromatic heterocycles. The van der Waals surface area contributed by atoms with Gasteiger partial charge in [-0.2, -0.15) is 0 Å². The largest absolute Gasteiger partial charge is 0.376 e. The molecule has 5 heteroatoms. The SMILES string of the molecule is Cc1ccc(NCC(=O)Nc2ccc(C(N)=O)cc2)cc1C. The molecule has 0 spiro atoms. The molecular formula is C17H19N3O2. The fourth-order valence-electron chi connectivity index (χ4n) is 1.96. The number of amides is 2. The van der Waals surface area contributed by atoms with E-state index < -0.39 is 5.91 Å². The molecule has 0 fully saturated rings. The highest BCUT2D eigenvalue weighted by molar-refractivity contribution is 5.96. The van der Waals surface area contributed by atoms with Gasteiger partial charge in [0, 0.05) is 16.9 Å². The van der Waals surface area contributed by atoms with Crippen molar-refractivity contribution < 1.29 is 9.59 Å². The lowest BCUT2D eigenvalue weighted by molar-refractivity contribution is -0.114. The van der Waals surface area contributed by atoms with Gasteiger partial charge in [-0.15, -0.1) is 0 Å². The molecule has 114 valence electrons. The van der Waals surface area contributed by atoms with Gasteiger partial charge in [-0.05, 0) is 61.4 Å². The van der Waals surface area contributed by atoms with E-state index in [0.717, 1.165) is 5.69 Å². The van der Waals surface area contributed by atoms with E-state index in [2.05, 4.69) is 10.6 Å². The third-order valence-corrected chi connectivity index (χ3v) is 3.41. The normalized spacial score (nSPS) is 10.1. The summed E-state index contributed by atoms with van der Waals surface area (Å²) in [6, 6.07) is 12.4. The molecule has 0 saturated carbocycles. The summed E-state index contributed by atoms with van der Waals surface area (Å²) >= 11 is 0. The van der Waals surface area contributed by atoms with Crippen LogP contribution >= 0.6 is 0 Å². The zero-order valence-electron chi connectivity index (χ0n) is 12.6. The van der Waals surface area contributed by atoms with Gasteiger partial charge in [-0.1, -0.05) is 6.07 Å². The first-order valence-corrected chi connectivity index (χ1v) is 6.96. The number of carbonyl (C=O) groups excluding carboxylic acids is 2. The van der Waals surface area contributed by atoms with Crippen molar-refractivity contribution in [1.29, 1.82) is 0 Å². The number of rotatable bonds is 5. The molecule has 2 aromatic carbocycles. The molecule has 4 N–H and O–H groups in total. The van der Waals surface area contributed by atoms with Crippen LogP contribution in [0.2, 0.25) is 0 Å². The van der Waals surface area contributed by atoms with Gasteiger partial charge in [0.05, 0.1) is 6.54 Å². The quantitative estimate of drug-likeness (QED) is 0.792. The van der Waals surface area contributed by atoms with Crippen molar-refractivity contribution in [3.63, 3.8) is 0 Å². The van der Waals surface area contributed by atoms with Crippen LogP contribution in [-0.4, -0.2) is 18.4 Å². The maximum absolute atomic E-state index is 11.9. The van der Waals surface area contributed by atoms with Gasteiger partial charge in [0.25, 0.3) is 0 Å². The Balaban J connectivity index is 1.89. The Kier molecular flexibility index (Phi) is 4.78. The highest BCUT2D eigenvalue weighted by Crippen LogP contribution is 2.14. The molecule has 5 nitrogen and oxygen atoms in total. The molecule has 2 rings (SSSR count). The topological polar surface area (TPSA) is 84.2 Å². The van der Waals surface area contributed by atoms with E-state index in [-0.39, 0.29) is 12.5 Å². The van der Waals surface area contributed by atoms with Crippen molar-refractivity contribution in [1.82, 2.24) is 0 Å². The van der Waals surface area contributed by atoms with Gasteiger partial charge in [0.15, 0.2) is 0 Å². The molecule has 0 bridgehead atoms. The van der Waals surface area contributed by atoms with E-state index in [9.17, 15) is 9.59 Å². The number of anilines is 2. The molecular weight excluding hydrogens is 278 g/mol. The number of nitrogens with one attached hydrogen (secondary N) is 2. The second-order valence-electron chi connectivity index (χ2n) is 5.14. The minimum absolute atomic E-state index is 0.162. The standard InChI is InChI=1S/C17H19N3O2/c1-11-3-6-15(9-12(11)2)19-10-16(21)20-14-7-4-13(5-8-14)17(18)22/h3-9,19H,10H2,1-2H3,(H2,18,22)(H,20,21). The van der Waals surface area contributed by atoms with Crippen molar-refractivity contribution in [2.45, 2.75) is 13.8 Å². The highest BCUT2D eigenvalue weighted by Gasteiger charge is 2.04. The van der Waals surface area contributed by atoms with Gasteiger partial charge >= 0.3 is 0 Å². The van der Waals surface area contributed by atoms with Crippen molar-refractivity contribution >= 4 is 23.2 Å². The first-order chi connectivity index (χ1) is 10.5. The number of primary amides is 1. The number of nitrogens with two attached hydrogens (primary N) is 1. The molecule has 0 radical (unpaired) electrons. The fourth-order valence-corrected chi connectivity index (χ4v) is 1.96. The molecule has 0 saturated heterocycles. The maximum atomic E-state index is 11.9. The van der Waals surface area contributed by atoms with E-state index in [4.69, 9.17) is 5.73 Å². The minimum atomic E-state index is -0.491. The van der Waals surface area contributed by atoms with Crippen LogP contribution in [0.4, 0.5) is 11.4 Å². The number of aryl methyl sites for hydroxylation is 2. The first-order valence-electron chi connectivity index (χ1n) is 6.96. The Bertz CT molecular complexity index is 694. The smallest absolute Gasteiger partial charge is 0.248 e. The molecule has 22 heavy (non-hydrogen) atoms. The van der Waals surface area contributed by atoms with E-state index in [1.807, 2.05) is 32.0 Å². The summed E-state index contributed by atoms with van der Waals surface area (Å²) in [7, 11) is 0. The molecule has 0 unspecified atom stereocenters. The van der Waals surface area contributed by atoms with Gasteiger partial charge < -0.3 is 16.4 Å². The van der Waals surface area contributed by atoms with E-state index in [1.165, 1.54) is 11.1 Å². The van der Waals surface area contributed by atoms with Gasteiger partial charge in [0.1, 0.15) is 0 Å². The Hall–Kier alpha value is -2.82. The summed E-state index contributed by atoms with van der Waals surface area (Å²) in [4.78, 5) is 22.9. The van der Waals surface area contributed by atoms with Crippen LogP contribution in [0.15, 0.2) is 42.5 Å². The number of hydrogen-bond acceptors (Lipinski definition) is 3. The van der Waals surface area contributed by atoms with E-state index in [0.29, 0.717) is 11.3 Å². The van der Waals surface area contributed by atoms with Crippen LogP contribution in [0.25, 0.3) is 0 Å². The lowest BCUT2D eigenvalue weighted by Gasteiger charge is -2.09. The van der Waals surface area contributed by atoms with Crippen molar-refractivity contribution in [2.24, 2.45) is 5.73 Å². The summed E-state index contributed by atoms with van der Waals surface area (Å²) in [6.45, 7) is 4.24. The molecule has 2 aromatic rings. The van der Waals surface area contributed by atoms with Crippen LogP contribution in [-0.2, 0) is 4.79 Å². The molecule has 0 heterocycles. The average Bonchev–Trinajstić information content (AvgIpc) is 2.49. The maximum Gasteiger partial charge on any atom is 0.248 e. The Morgan fingerprint density at radius 3 is 2.18 bits per heavy atom. The lowest BCUT2D eigenvalue weighted by Crippen LogP contribution is -2.21. The molecule has 0 aliphatic heterocycles. The monoisotopic (exact) mass is 297 g/mol. The van der Waals surface area contributed by atoms with Crippen LogP contribution in [0.5, 0.6) is 0 Å². The lowest BCUT2D eigenvalue weighted by atomic mass is 10.1. The number of hydrogen-bond donors (Lipinski definition) is 3. The second kappa shape index (κ2) is 6.76. The second-order valence-corrected chi connectivity index (χ2v) is 5.14. The third-order valence-electron chi connectivity index (χ3n) is 3.41. The third kappa shape index (κ3) is 4.09. The molecule has 2 amide bonds. The average molecular weight is 297 g/mol. The fraction of sp³-hybridized carbons (Fsp3) is 0.176. The summed E-state index contributed by atoms with van der Waals surface area (Å²) in [6.07, 6.45) is 0. The van der Waals surface area contributed by atoms with Gasteiger partial charge in [-0.3, -0.25) is 9.59 Å². The number of benzene rings is 2. The van der Waals surface area contributed by atoms with E-state index in [1.54, 1.807) is 24.3 Å². The first kappa shape index (κ1) is 15.6. The summed E-state index contributed by atoms with van der Waals surface area (Å²) in [5.74, 6) is -0.653. The van der Waals surface area contributed by atoms with Gasteiger partial charge in [0.2, 0.25) is 11.8 Å². The molecule has 0 aliphatic carbocycles. The minimum Gasteiger partial charge on any atom is -0.376 e. The Labute approximate surface area is 129 Å². The van der Waals surface area contributed by atoms with Gasteiger partial charge in [-0.25, -0.2) is 0 Å². The van der Waals surface area contributed by atoms with Crippen molar-refractivity contribution in [3.05, 3.63) is 59.2 Å². The zero-order valence-corrected chi connectivity index (χ0v) is 12.6. The van der Waals surface area contributed by atoms with Crippen LogP contribution < -0.4 is 16.4 Å². The summed E-state index contributed by atoms with van der Waals surface area (Å²) in [5, 5.41) is 5.83. The zero-order chi connectivity index (χ0) is 16.1. The van der Waals surface area contributed by atoms with Crippen LogP contribution in [0.1, 0.15) is 21.5 Å². The van der Waals surface area contributed by atoms with Crippen LogP contribution in [0, 0.1) is 13.8 Å². The predicted octanol–water partition coefficient (Wildman–Crippen LogP) is 2.45. The van der Waals surface area contributed by atoms with E-state index >= 15 is 0 Å².